The summed E-state index contributed by atoms with van der Waals surface area (Å²) in [5.41, 5.74) is 1.32. The van der Waals surface area contributed by atoms with Crippen LogP contribution >= 0.6 is 0 Å². The average Bonchev–Trinajstić information content (AvgIpc) is 3.26. The molecule has 7 heteroatoms. The number of rotatable bonds is 6. The van der Waals surface area contributed by atoms with Crippen LogP contribution in [0.3, 0.4) is 0 Å². The molecule has 0 N–H and O–H groups in total. The number of benzene rings is 1. The Morgan fingerprint density at radius 2 is 2.15 bits per heavy atom. The van der Waals surface area contributed by atoms with Crippen molar-refractivity contribution >= 4 is 6.09 Å². The molecule has 4 rings (SSSR count). The van der Waals surface area contributed by atoms with Crippen molar-refractivity contribution in [2.45, 2.75) is 37.8 Å². The molecular formula is C20H28N2O5. The number of fused-ring (bicyclic) bond motifs is 1. The zero-order valence-corrected chi connectivity index (χ0v) is 16.1. The SMILES string of the molecule is C[C@H](Cc1ccc2c(c1)OCO2)N(C)C(=O)OCCN1CCCC12COC2. The van der Waals surface area contributed by atoms with Gasteiger partial charge in [-0.2, -0.15) is 0 Å². The number of ether oxygens (including phenoxy) is 4. The zero-order chi connectivity index (χ0) is 18.9. The van der Waals surface area contributed by atoms with Gasteiger partial charge in [0.2, 0.25) is 6.79 Å². The van der Waals surface area contributed by atoms with E-state index in [0.29, 0.717) is 6.61 Å². The van der Waals surface area contributed by atoms with Crippen molar-refractivity contribution in [3.63, 3.8) is 0 Å². The van der Waals surface area contributed by atoms with Crippen molar-refractivity contribution in [3.8, 4) is 11.5 Å². The van der Waals surface area contributed by atoms with Gasteiger partial charge in [0.05, 0.1) is 18.8 Å². The van der Waals surface area contributed by atoms with Crippen molar-refractivity contribution in [2.75, 3.05) is 46.8 Å². The minimum Gasteiger partial charge on any atom is -0.454 e. The van der Waals surface area contributed by atoms with Crippen molar-refractivity contribution in [1.29, 1.82) is 0 Å². The van der Waals surface area contributed by atoms with Gasteiger partial charge in [-0.05, 0) is 50.4 Å². The van der Waals surface area contributed by atoms with Gasteiger partial charge in [-0.3, -0.25) is 4.90 Å². The first-order valence-electron chi connectivity index (χ1n) is 9.68. The second-order valence-corrected chi connectivity index (χ2v) is 7.77. The highest BCUT2D eigenvalue weighted by Gasteiger charge is 2.46. The van der Waals surface area contributed by atoms with Crippen LogP contribution in [0.4, 0.5) is 4.79 Å². The maximum absolute atomic E-state index is 12.4. The number of nitrogens with zero attached hydrogens (tertiary/aromatic N) is 2. The third-order valence-corrected chi connectivity index (χ3v) is 5.99. The summed E-state index contributed by atoms with van der Waals surface area (Å²) in [6.07, 6.45) is 2.84. The molecule has 1 amide bonds. The molecule has 0 unspecified atom stereocenters. The Kier molecular flexibility index (Phi) is 5.14. The average molecular weight is 376 g/mol. The van der Waals surface area contributed by atoms with Gasteiger partial charge in [0.25, 0.3) is 0 Å². The maximum atomic E-state index is 12.4. The molecular weight excluding hydrogens is 348 g/mol. The van der Waals surface area contributed by atoms with Gasteiger partial charge in [-0.25, -0.2) is 4.79 Å². The van der Waals surface area contributed by atoms with E-state index < -0.39 is 0 Å². The van der Waals surface area contributed by atoms with Gasteiger partial charge in [0, 0.05) is 19.6 Å². The summed E-state index contributed by atoms with van der Waals surface area (Å²) in [5.74, 6) is 1.54. The number of hydrogen-bond donors (Lipinski definition) is 0. The normalized spacial score (nSPS) is 21.1. The van der Waals surface area contributed by atoms with E-state index in [1.54, 1.807) is 11.9 Å². The Morgan fingerprint density at radius 1 is 1.33 bits per heavy atom. The summed E-state index contributed by atoms with van der Waals surface area (Å²) in [6.45, 7) is 6.18. The lowest BCUT2D eigenvalue weighted by molar-refractivity contribution is -0.125. The fraction of sp³-hybridized carbons (Fsp3) is 0.650. The lowest BCUT2D eigenvalue weighted by Crippen LogP contribution is -2.59. The van der Waals surface area contributed by atoms with Crippen LogP contribution in [0.25, 0.3) is 0 Å². The van der Waals surface area contributed by atoms with E-state index in [-0.39, 0.29) is 24.5 Å². The largest absolute Gasteiger partial charge is 0.454 e. The van der Waals surface area contributed by atoms with E-state index in [1.165, 1.54) is 12.8 Å². The Morgan fingerprint density at radius 3 is 2.93 bits per heavy atom. The summed E-state index contributed by atoms with van der Waals surface area (Å²) in [5, 5.41) is 0. The third-order valence-electron chi connectivity index (χ3n) is 5.99. The van der Waals surface area contributed by atoms with Crippen LogP contribution in [0, 0.1) is 0 Å². The summed E-state index contributed by atoms with van der Waals surface area (Å²) in [4.78, 5) is 16.5. The van der Waals surface area contributed by atoms with Crippen LogP contribution in [0.2, 0.25) is 0 Å². The molecule has 1 aromatic rings. The Balaban J connectivity index is 1.23. The van der Waals surface area contributed by atoms with Crippen LogP contribution in [0.5, 0.6) is 11.5 Å². The van der Waals surface area contributed by atoms with Crippen molar-refractivity contribution < 1.29 is 23.7 Å². The quantitative estimate of drug-likeness (QED) is 0.759. The second kappa shape index (κ2) is 7.56. The molecule has 7 nitrogen and oxygen atoms in total. The van der Waals surface area contributed by atoms with E-state index in [0.717, 1.165) is 49.8 Å². The van der Waals surface area contributed by atoms with E-state index in [4.69, 9.17) is 18.9 Å². The Bertz CT molecular complexity index is 691. The van der Waals surface area contributed by atoms with Crippen LogP contribution in [-0.4, -0.2) is 74.2 Å². The van der Waals surface area contributed by atoms with Crippen LogP contribution in [0.1, 0.15) is 25.3 Å². The van der Waals surface area contributed by atoms with E-state index in [1.807, 2.05) is 25.1 Å². The van der Waals surface area contributed by atoms with Crippen LogP contribution in [0.15, 0.2) is 18.2 Å². The van der Waals surface area contributed by atoms with E-state index in [9.17, 15) is 4.79 Å². The number of amides is 1. The first kappa shape index (κ1) is 18.4. The molecule has 0 saturated carbocycles. The highest BCUT2D eigenvalue weighted by Crippen LogP contribution is 2.35. The van der Waals surface area contributed by atoms with Crippen molar-refractivity contribution in [2.24, 2.45) is 0 Å². The number of hydrogen-bond acceptors (Lipinski definition) is 6. The molecule has 0 aliphatic carbocycles. The molecule has 0 bridgehead atoms. The summed E-state index contributed by atoms with van der Waals surface area (Å²) >= 11 is 0. The number of likely N-dealkylation sites (N-methyl/N-ethyl adjacent to an activating group) is 1. The highest BCUT2D eigenvalue weighted by molar-refractivity contribution is 5.67. The van der Waals surface area contributed by atoms with Gasteiger partial charge in [-0.15, -0.1) is 0 Å². The highest BCUT2D eigenvalue weighted by atomic mass is 16.7. The van der Waals surface area contributed by atoms with Crippen LogP contribution < -0.4 is 9.47 Å². The monoisotopic (exact) mass is 376 g/mol. The topological polar surface area (TPSA) is 60.5 Å². The molecule has 1 atom stereocenters. The predicted molar refractivity (Wildman–Crippen MR) is 99.2 cm³/mol. The summed E-state index contributed by atoms with van der Waals surface area (Å²) < 4.78 is 21.7. The summed E-state index contributed by atoms with van der Waals surface area (Å²) in [7, 11) is 1.79. The van der Waals surface area contributed by atoms with Gasteiger partial charge < -0.3 is 23.8 Å². The lowest BCUT2D eigenvalue weighted by Gasteiger charge is -2.45. The number of likely N-dealkylation sites (tertiary alicyclic amines) is 1. The Hall–Kier alpha value is -1.99. The van der Waals surface area contributed by atoms with E-state index >= 15 is 0 Å². The molecule has 3 heterocycles. The maximum Gasteiger partial charge on any atom is 0.409 e. The molecule has 2 fully saturated rings. The Labute approximate surface area is 160 Å². The summed E-state index contributed by atoms with van der Waals surface area (Å²) in [6, 6.07) is 5.93. The fourth-order valence-corrected chi connectivity index (χ4v) is 4.08. The smallest absolute Gasteiger partial charge is 0.409 e. The molecule has 3 aliphatic heterocycles. The molecule has 2 saturated heterocycles. The molecule has 27 heavy (non-hydrogen) atoms. The second-order valence-electron chi connectivity index (χ2n) is 7.77. The molecule has 148 valence electrons. The molecule has 1 aromatic carbocycles. The predicted octanol–water partition coefficient (Wildman–Crippen LogP) is 2.28. The fourth-order valence-electron chi connectivity index (χ4n) is 4.08. The minimum absolute atomic E-state index is 0.0241. The number of carbonyl (C=O) groups is 1. The van der Waals surface area contributed by atoms with Gasteiger partial charge >= 0.3 is 6.09 Å². The molecule has 0 aromatic heterocycles. The number of carbonyl (C=O) groups excluding carboxylic acids is 1. The van der Waals surface area contributed by atoms with Crippen molar-refractivity contribution in [3.05, 3.63) is 23.8 Å². The van der Waals surface area contributed by atoms with Crippen LogP contribution in [-0.2, 0) is 15.9 Å². The lowest BCUT2D eigenvalue weighted by atomic mass is 9.94. The first-order chi connectivity index (χ1) is 13.1. The molecule has 3 aliphatic rings. The van der Waals surface area contributed by atoms with Gasteiger partial charge in [0.1, 0.15) is 6.61 Å². The van der Waals surface area contributed by atoms with Gasteiger partial charge in [-0.1, -0.05) is 6.07 Å². The molecule has 1 spiro atoms. The standard InChI is InChI=1S/C20H28N2O5/c1-15(10-16-4-5-17-18(11-16)27-14-26-17)21(2)19(23)25-9-8-22-7-3-6-20(22)12-24-13-20/h4-5,11,15H,3,6-10,12-14H2,1-2H3/t15-/m1/s1. The molecule has 0 radical (unpaired) electrons. The van der Waals surface area contributed by atoms with Gasteiger partial charge in [0.15, 0.2) is 11.5 Å². The third kappa shape index (κ3) is 3.71. The van der Waals surface area contributed by atoms with E-state index in [2.05, 4.69) is 4.90 Å². The minimum atomic E-state index is -0.277. The zero-order valence-electron chi connectivity index (χ0n) is 16.1. The van der Waals surface area contributed by atoms with Crippen molar-refractivity contribution in [1.82, 2.24) is 9.80 Å². The first-order valence-corrected chi connectivity index (χ1v) is 9.68.